The highest BCUT2D eigenvalue weighted by Gasteiger charge is 2.05. The van der Waals surface area contributed by atoms with E-state index in [4.69, 9.17) is 4.74 Å². The minimum absolute atomic E-state index is 0.175. The number of H-pyrrole nitrogens is 1. The molecule has 0 radical (unpaired) electrons. The molecule has 0 fully saturated rings. The van der Waals surface area contributed by atoms with E-state index in [0.29, 0.717) is 36.4 Å². The number of ether oxygens (including phenoxy) is 1. The molecule has 1 heterocycles. The van der Waals surface area contributed by atoms with Gasteiger partial charge in [-0.15, -0.1) is 0 Å². The summed E-state index contributed by atoms with van der Waals surface area (Å²) in [6.45, 7) is 0.801. The number of hydrogen-bond acceptors (Lipinski definition) is 5. The monoisotopic (exact) mass is 263 g/mol. The number of aromatic amines is 1. The van der Waals surface area contributed by atoms with Crippen LogP contribution in [0.25, 0.3) is 10.9 Å². The van der Waals surface area contributed by atoms with Gasteiger partial charge in [-0.3, -0.25) is 9.78 Å². The second-order valence-electron chi connectivity index (χ2n) is 4.26. The number of methoxy groups -OCH3 is 1. The van der Waals surface area contributed by atoms with Crippen molar-refractivity contribution in [2.24, 2.45) is 0 Å². The van der Waals surface area contributed by atoms with Crippen LogP contribution in [0.5, 0.6) is 0 Å². The fraction of sp³-hybridized carbons (Fsp3) is 0.385. The molecule has 0 saturated carbocycles. The predicted octanol–water partition coefficient (Wildman–Crippen LogP) is 0.732. The van der Waals surface area contributed by atoms with Crippen LogP contribution >= 0.6 is 0 Å². The van der Waals surface area contributed by atoms with Crippen LogP contribution in [-0.2, 0) is 4.74 Å². The maximum atomic E-state index is 11.8. The van der Waals surface area contributed by atoms with Crippen LogP contribution in [-0.4, -0.2) is 41.4 Å². The second kappa shape index (κ2) is 6.31. The number of benzene rings is 1. The standard InChI is InChI=1S/C13H17N3O3/c1-19-8-9(17)6-7-14-13-15-11-5-3-2-4-10(11)12(18)16-13/h2-5,9,17H,6-8H2,1H3,(H2,14,15,16,18). The number of aromatic nitrogens is 2. The smallest absolute Gasteiger partial charge is 0.260 e. The van der Waals surface area contributed by atoms with Crippen LogP contribution in [0.4, 0.5) is 5.95 Å². The zero-order valence-corrected chi connectivity index (χ0v) is 10.7. The van der Waals surface area contributed by atoms with E-state index in [9.17, 15) is 9.90 Å². The Morgan fingerprint density at radius 3 is 3.05 bits per heavy atom. The van der Waals surface area contributed by atoms with Crippen LogP contribution in [0.3, 0.4) is 0 Å². The second-order valence-corrected chi connectivity index (χ2v) is 4.26. The first-order chi connectivity index (χ1) is 9.20. The van der Waals surface area contributed by atoms with Gasteiger partial charge in [0.15, 0.2) is 0 Å². The van der Waals surface area contributed by atoms with Crippen molar-refractivity contribution >= 4 is 16.9 Å². The number of nitrogens with one attached hydrogen (secondary N) is 2. The molecule has 0 saturated heterocycles. The van der Waals surface area contributed by atoms with Crippen molar-refractivity contribution in [3.63, 3.8) is 0 Å². The molecule has 2 rings (SSSR count). The number of para-hydroxylation sites is 1. The minimum atomic E-state index is -0.523. The number of hydrogen-bond donors (Lipinski definition) is 3. The summed E-state index contributed by atoms with van der Waals surface area (Å²) in [5.41, 5.74) is 0.469. The molecule has 1 aromatic heterocycles. The Morgan fingerprint density at radius 1 is 1.47 bits per heavy atom. The Hall–Kier alpha value is -1.92. The van der Waals surface area contributed by atoms with E-state index in [1.165, 1.54) is 0 Å². The van der Waals surface area contributed by atoms with E-state index < -0.39 is 6.10 Å². The third-order valence-corrected chi connectivity index (χ3v) is 2.74. The molecule has 1 aromatic carbocycles. The van der Waals surface area contributed by atoms with Crippen LogP contribution in [0, 0.1) is 0 Å². The molecular formula is C13H17N3O3. The van der Waals surface area contributed by atoms with Gasteiger partial charge in [0.05, 0.1) is 23.6 Å². The molecular weight excluding hydrogens is 246 g/mol. The fourth-order valence-corrected chi connectivity index (χ4v) is 1.80. The SMILES string of the molecule is COCC(O)CCNc1nc2ccccc2c(=O)[nH]1. The summed E-state index contributed by atoms with van der Waals surface area (Å²) < 4.78 is 4.83. The van der Waals surface area contributed by atoms with E-state index >= 15 is 0 Å². The van der Waals surface area contributed by atoms with Gasteiger partial charge in [0, 0.05) is 13.7 Å². The maximum Gasteiger partial charge on any atom is 0.260 e. The third kappa shape index (κ3) is 3.52. The van der Waals surface area contributed by atoms with Gasteiger partial charge in [-0.1, -0.05) is 12.1 Å². The zero-order valence-electron chi connectivity index (χ0n) is 10.7. The highest BCUT2D eigenvalue weighted by molar-refractivity contribution is 5.78. The molecule has 3 N–H and O–H groups in total. The van der Waals surface area contributed by atoms with Gasteiger partial charge < -0.3 is 15.2 Å². The van der Waals surface area contributed by atoms with Crippen molar-refractivity contribution < 1.29 is 9.84 Å². The number of nitrogens with zero attached hydrogens (tertiary/aromatic N) is 1. The first kappa shape index (κ1) is 13.5. The topological polar surface area (TPSA) is 87.2 Å². The van der Waals surface area contributed by atoms with E-state index in [-0.39, 0.29) is 5.56 Å². The van der Waals surface area contributed by atoms with Crippen molar-refractivity contribution in [2.75, 3.05) is 25.6 Å². The van der Waals surface area contributed by atoms with Gasteiger partial charge >= 0.3 is 0 Å². The van der Waals surface area contributed by atoms with E-state index in [1.807, 2.05) is 6.07 Å². The third-order valence-electron chi connectivity index (χ3n) is 2.74. The molecule has 6 nitrogen and oxygen atoms in total. The lowest BCUT2D eigenvalue weighted by molar-refractivity contribution is 0.0615. The van der Waals surface area contributed by atoms with Crippen molar-refractivity contribution in [3.05, 3.63) is 34.6 Å². The Kier molecular flexibility index (Phi) is 4.48. The molecule has 102 valence electrons. The van der Waals surface area contributed by atoms with Crippen LogP contribution in [0.2, 0.25) is 0 Å². The lowest BCUT2D eigenvalue weighted by Crippen LogP contribution is -2.20. The first-order valence-electron chi connectivity index (χ1n) is 6.10. The Labute approximate surface area is 110 Å². The number of aliphatic hydroxyl groups excluding tert-OH is 1. The van der Waals surface area contributed by atoms with Crippen molar-refractivity contribution in [1.82, 2.24) is 9.97 Å². The van der Waals surface area contributed by atoms with Crippen molar-refractivity contribution in [1.29, 1.82) is 0 Å². The summed E-state index contributed by atoms with van der Waals surface area (Å²) in [6, 6.07) is 7.15. The van der Waals surface area contributed by atoms with Gasteiger partial charge in [0.2, 0.25) is 5.95 Å². The van der Waals surface area contributed by atoms with Crippen molar-refractivity contribution in [3.8, 4) is 0 Å². The van der Waals surface area contributed by atoms with Crippen LogP contribution in [0.1, 0.15) is 6.42 Å². The molecule has 1 unspecified atom stereocenters. The lowest BCUT2D eigenvalue weighted by Gasteiger charge is -2.10. The summed E-state index contributed by atoms with van der Waals surface area (Å²) >= 11 is 0. The van der Waals surface area contributed by atoms with Gasteiger partial charge in [-0.25, -0.2) is 4.98 Å². The van der Waals surface area contributed by atoms with Gasteiger partial charge in [0.25, 0.3) is 5.56 Å². The summed E-state index contributed by atoms with van der Waals surface area (Å²) in [5.74, 6) is 0.410. The Balaban J connectivity index is 2.03. The highest BCUT2D eigenvalue weighted by atomic mass is 16.5. The predicted molar refractivity (Wildman–Crippen MR) is 73.4 cm³/mol. The molecule has 0 aliphatic carbocycles. The maximum absolute atomic E-state index is 11.8. The quantitative estimate of drug-likeness (QED) is 0.715. The molecule has 0 bridgehead atoms. The average Bonchev–Trinajstić information content (AvgIpc) is 2.39. The van der Waals surface area contributed by atoms with Gasteiger partial charge in [-0.05, 0) is 18.6 Å². The Morgan fingerprint density at radius 2 is 2.26 bits per heavy atom. The molecule has 0 amide bonds. The first-order valence-corrected chi connectivity index (χ1v) is 6.10. The Bertz CT molecular complexity index is 597. The molecule has 0 aliphatic rings. The molecule has 0 spiro atoms. The minimum Gasteiger partial charge on any atom is -0.391 e. The summed E-state index contributed by atoms with van der Waals surface area (Å²) in [5, 5.41) is 13.0. The molecule has 6 heteroatoms. The highest BCUT2D eigenvalue weighted by Crippen LogP contribution is 2.07. The van der Waals surface area contributed by atoms with Crippen molar-refractivity contribution in [2.45, 2.75) is 12.5 Å². The summed E-state index contributed by atoms with van der Waals surface area (Å²) in [7, 11) is 1.54. The molecule has 2 aromatic rings. The average molecular weight is 263 g/mol. The summed E-state index contributed by atoms with van der Waals surface area (Å²) in [6.07, 6.45) is -0.00521. The van der Waals surface area contributed by atoms with Gasteiger partial charge in [0.1, 0.15) is 0 Å². The zero-order chi connectivity index (χ0) is 13.7. The number of aliphatic hydroxyl groups is 1. The summed E-state index contributed by atoms with van der Waals surface area (Å²) in [4.78, 5) is 18.8. The number of anilines is 1. The largest absolute Gasteiger partial charge is 0.391 e. The molecule has 19 heavy (non-hydrogen) atoms. The number of rotatable bonds is 6. The van der Waals surface area contributed by atoms with Crippen LogP contribution < -0.4 is 10.9 Å². The molecule has 0 aliphatic heterocycles. The number of fused-ring (bicyclic) bond motifs is 1. The lowest BCUT2D eigenvalue weighted by atomic mass is 10.2. The van der Waals surface area contributed by atoms with Crippen LogP contribution in [0.15, 0.2) is 29.1 Å². The van der Waals surface area contributed by atoms with E-state index in [0.717, 1.165) is 0 Å². The van der Waals surface area contributed by atoms with E-state index in [2.05, 4.69) is 15.3 Å². The van der Waals surface area contributed by atoms with Gasteiger partial charge in [-0.2, -0.15) is 0 Å². The fourth-order valence-electron chi connectivity index (χ4n) is 1.80. The van der Waals surface area contributed by atoms with E-state index in [1.54, 1.807) is 25.3 Å². The normalized spacial score (nSPS) is 12.5. The molecule has 1 atom stereocenters.